The lowest BCUT2D eigenvalue weighted by atomic mass is 10.1. The molecule has 92 valence electrons. The second kappa shape index (κ2) is 5.16. The van der Waals surface area contributed by atoms with E-state index in [4.69, 9.17) is 5.73 Å². The van der Waals surface area contributed by atoms with Crippen molar-refractivity contribution in [3.63, 3.8) is 0 Å². The Bertz CT molecular complexity index is 391. The van der Waals surface area contributed by atoms with Gasteiger partial charge in [0.15, 0.2) is 0 Å². The average Bonchev–Trinajstić information content (AvgIpc) is 2.38. The second-order valence-corrected chi connectivity index (χ2v) is 4.11. The summed E-state index contributed by atoms with van der Waals surface area (Å²) in [4.78, 5) is 13.3. The smallest absolute Gasteiger partial charge is 0.239 e. The average molecular weight is 235 g/mol. The van der Waals surface area contributed by atoms with Crippen molar-refractivity contribution in [1.82, 2.24) is 5.32 Å². The number of nitrogens with zero attached hydrogens (tertiary/aromatic N) is 1. The first-order valence-electron chi connectivity index (χ1n) is 5.70. The van der Waals surface area contributed by atoms with Crippen LogP contribution >= 0.6 is 0 Å². The Balaban J connectivity index is 2.09. The molecule has 4 N–H and O–H groups in total. The fourth-order valence-electron chi connectivity index (χ4n) is 1.90. The van der Waals surface area contributed by atoms with E-state index >= 15 is 0 Å². The third-order valence-corrected chi connectivity index (χ3v) is 2.90. The van der Waals surface area contributed by atoms with E-state index in [0.29, 0.717) is 13.1 Å². The van der Waals surface area contributed by atoms with Crippen LogP contribution in [0.3, 0.4) is 0 Å². The summed E-state index contributed by atoms with van der Waals surface area (Å²) in [7, 11) is 0. The number of carbonyl (C=O) groups excluding carboxylic acids is 1. The zero-order valence-corrected chi connectivity index (χ0v) is 9.60. The predicted octanol–water partition coefficient (Wildman–Crippen LogP) is -0.385. The summed E-state index contributed by atoms with van der Waals surface area (Å²) in [5, 5.41) is 12.4. The minimum absolute atomic E-state index is 0.0438. The van der Waals surface area contributed by atoms with Gasteiger partial charge >= 0.3 is 0 Å². The van der Waals surface area contributed by atoms with E-state index < -0.39 is 6.10 Å². The van der Waals surface area contributed by atoms with Gasteiger partial charge in [-0.05, 0) is 17.7 Å². The number of anilines is 1. The number of hydrogen-bond acceptors (Lipinski definition) is 4. The molecule has 0 aliphatic carbocycles. The Labute approximate surface area is 100 Å². The number of benzene rings is 1. The minimum Gasteiger partial charge on any atom is -0.387 e. The maximum Gasteiger partial charge on any atom is 0.239 e. The highest BCUT2D eigenvalue weighted by Crippen LogP contribution is 2.19. The van der Waals surface area contributed by atoms with Crippen LogP contribution in [-0.4, -0.2) is 37.2 Å². The maximum absolute atomic E-state index is 11.3. The lowest BCUT2D eigenvalue weighted by Gasteiger charge is -2.28. The van der Waals surface area contributed by atoms with E-state index in [0.717, 1.165) is 17.8 Å². The van der Waals surface area contributed by atoms with Crippen molar-refractivity contribution in [2.75, 3.05) is 31.1 Å². The van der Waals surface area contributed by atoms with Gasteiger partial charge in [-0.25, -0.2) is 0 Å². The molecule has 5 heteroatoms. The fourth-order valence-corrected chi connectivity index (χ4v) is 1.90. The van der Waals surface area contributed by atoms with Crippen LogP contribution in [0.1, 0.15) is 11.7 Å². The maximum atomic E-state index is 11.3. The van der Waals surface area contributed by atoms with Gasteiger partial charge in [0.25, 0.3) is 0 Å². The summed E-state index contributed by atoms with van der Waals surface area (Å²) in [6.45, 7) is 2.08. The molecular formula is C12H17N3O2. The first-order chi connectivity index (χ1) is 8.20. The minimum atomic E-state index is -0.617. The largest absolute Gasteiger partial charge is 0.387 e. The van der Waals surface area contributed by atoms with Crippen molar-refractivity contribution >= 4 is 11.6 Å². The van der Waals surface area contributed by atoms with Gasteiger partial charge in [0.1, 0.15) is 0 Å². The standard InChI is InChI=1S/C12H17N3O2/c13-7-11(16)9-1-3-10(4-2-9)15-6-5-14-12(17)8-15/h1-4,11,16H,5-8,13H2,(H,14,17). The molecule has 1 unspecified atom stereocenters. The molecule has 1 aromatic carbocycles. The summed E-state index contributed by atoms with van der Waals surface area (Å²) < 4.78 is 0. The molecule has 1 saturated heterocycles. The Morgan fingerprint density at radius 1 is 1.41 bits per heavy atom. The Morgan fingerprint density at radius 3 is 2.71 bits per heavy atom. The highest BCUT2D eigenvalue weighted by molar-refractivity contribution is 5.82. The van der Waals surface area contributed by atoms with Gasteiger partial charge in [0, 0.05) is 25.3 Å². The topological polar surface area (TPSA) is 78.6 Å². The highest BCUT2D eigenvalue weighted by atomic mass is 16.3. The SMILES string of the molecule is NCC(O)c1ccc(N2CCNC(=O)C2)cc1. The molecule has 1 fully saturated rings. The molecule has 2 rings (SSSR count). The molecule has 5 nitrogen and oxygen atoms in total. The van der Waals surface area contributed by atoms with Gasteiger partial charge in [0.05, 0.1) is 12.6 Å². The zero-order chi connectivity index (χ0) is 12.3. The molecular weight excluding hydrogens is 218 g/mol. The van der Waals surface area contributed by atoms with Crippen molar-refractivity contribution in [2.45, 2.75) is 6.10 Å². The molecule has 1 aliphatic heterocycles. The van der Waals surface area contributed by atoms with Crippen LogP contribution in [0.5, 0.6) is 0 Å². The van der Waals surface area contributed by atoms with E-state index in [-0.39, 0.29) is 12.5 Å². The molecule has 0 saturated carbocycles. The van der Waals surface area contributed by atoms with Gasteiger partial charge < -0.3 is 21.1 Å². The summed E-state index contributed by atoms with van der Waals surface area (Å²) in [5.41, 5.74) is 7.19. The van der Waals surface area contributed by atoms with Crippen LogP contribution in [0.25, 0.3) is 0 Å². The van der Waals surface area contributed by atoms with Crippen LogP contribution in [0.15, 0.2) is 24.3 Å². The lowest BCUT2D eigenvalue weighted by Crippen LogP contribution is -2.47. The monoisotopic (exact) mass is 235 g/mol. The van der Waals surface area contributed by atoms with Crippen LogP contribution in [-0.2, 0) is 4.79 Å². The number of nitrogens with one attached hydrogen (secondary N) is 1. The molecule has 1 atom stereocenters. The zero-order valence-electron chi connectivity index (χ0n) is 9.60. The van der Waals surface area contributed by atoms with Crippen LogP contribution in [0.2, 0.25) is 0 Å². The van der Waals surface area contributed by atoms with Crippen LogP contribution < -0.4 is 16.0 Å². The number of amides is 1. The Morgan fingerprint density at radius 2 is 2.12 bits per heavy atom. The Kier molecular flexibility index (Phi) is 3.61. The van der Waals surface area contributed by atoms with E-state index in [1.54, 1.807) is 0 Å². The van der Waals surface area contributed by atoms with Gasteiger partial charge in [0.2, 0.25) is 5.91 Å². The summed E-state index contributed by atoms with van der Waals surface area (Å²) in [6.07, 6.45) is -0.617. The van der Waals surface area contributed by atoms with E-state index in [9.17, 15) is 9.90 Å². The Hall–Kier alpha value is -1.59. The summed E-state index contributed by atoms with van der Waals surface area (Å²) in [6, 6.07) is 7.51. The summed E-state index contributed by atoms with van der Waals surface area (Å²) >= 11 is 0. The molecule has 0 bridgehead atoms. The van der Waals surface area contributed by atoms with Crippen LogP contribution in [0, 0.1) is 0 Å². The number of piperazine rings is 1. The van der Waals surface area contributed by atoms with Crippen molar-refractivity contribution in [1.29, 1.82) is 0 Å². The molecule has 0 radical (unpaired) electrons. The quantitative estimate of drug-likeness (QED) is 0.667. The molecule has 1 amide bonds. The number of aliphatic hydroxyl groups excluding tert-OH is 1. The van der Waals surface area contributed by atoms with E-state index in [1.165, 1.54) is 0 Å². The molecule has 1 heterocycles. The third kappa shape index (κ3) is 2.75. The van der Waals surface area contributed by atoms with Crippen molar-refractivity contribution in [3.8, 4) is 0 Å². The molecule has 1 aliphatic rings. The number of aliphatic hydroxyl groups is 1. The predicted molar refractivity (Wildman–Crippen MR) is 65.7 cm³/mol. The number of hydrogen-bond donors (Lipinski definition) is 3. The van der Waals surface area contributed by atoms with Crippen molar-refractivity contribution in [2.24, 2.45) is 5.73 Å². The molecule has 17 heavy (non-hydrogen) atoms. The molecule has 0 aromatic heterocycles. The number of carbonyl (C=O) groups is 1. The highest BCUT2D eigenvalue weighted by Gasteiger charge is 2.16. The van der Waals surface area contributed by atoms with Crippen LogP contribution in [0.4, 0.5) is 5.69 Å². The van der Waals surface area contributed by atoms with E-state index in [2.05, 4.69) is 5.32 Å². The second-order valence-electron chi connectivity index (χ2n) is 4.11. The van der Waals surface area contributed by atoms with Crippen molar-refractivity contribution in [3.05, 3.63) is 29.8 Å². The van der Waals surface area contributed by atoms with Gasteiger partial charge in [-0.2, -0.15) is 0 Å². The normalized spacial score (nSPS) is 17.8. The first kappa shape index (κ1) is 11.9. The number of rotatable bonds is 3. The third-order valence-electron chi connectivity index (χ3n) is 2.90. The molecule has 1 aromatic rings. The van der Waals surface area contributed by atoms with Gasteiger partial charge in [-0.3, -0.25) is 4.79 Å². The summed E-state index contributed by atoms with van der Waals surface area (Å²) in [5.74, 6) is 0.0438. The lowest BCUT2D eigenvalue weighted by molar-refractivity contribution is -0.120. The first-order valence-corrected chi connectivity index (χ1v) is 5.70. The number of nitrogens with two attached hydrogens (primary N) is 1. The fraction of sp³-hybridized carbons (Fsp3) is 0.417. The molecule has 0 spiro atoms. The van der Waals surface area contributed by atoms with Crippen molar-refractivity contribution < 1.29 is 9.90 Å². The van der Waals surface area contributed by atoms with Gasteiger partial charge in [-0.15, -0.1) is 0 Å². The van der Waals surface area contributed by atoms with E-state index in [1.807, 2.05) is 29.2 Å². The van der Waals surface area contributed by atoms with Gasteiger partial charge in [-0.1, -0.05) is 12.1 Å².